The first kappa shape index (κ1) is 15.0. The van der Waals surface area contributed by atoms with Gasteiger partial charge in [-0.1, -0.05) is 48.5 Å². The zero-order chi connectivity index (χ0) is 14.4. The third-order valence-corrected chi connectivity index (χ3v) is 4.90. The lowest BCUT2D eigenvalue weighted by Crippen LogP contribution is -2.21. The first-order valence-corrected chi connectivity index (χ1v) is 8.29. The van der Waals surface area contributed by atoms with E-state index in [9.17, 15) is 8.42 Å². The van der Waals surface area contributed by atoms with Gasteiger partial charge in [-0.05, 0) is 29.5 Å². The molecule has 3 nitrogen and oxygen atoms in total. The molecule has 5 heteroatoms. The molecule has 0 amide bonds. The topological polar surface area (TPSA) is 37.4 Å². The van der Waals surface area contributed by atoms with Gasteiger partial charge in [0.05, 0.1) is 10.6 Å². The molecule has 20 heavy (non-hydrogen) atoms. The zero-order valence-electron chi connectivity index (χ0n) is 10.9. The lowest BCUT2D eigenvalue weighted by Gasteiger charge is -2.13. The van der Waals surface area contributed by atoms with Crippen LogP contribution in [0.15, 0.2) is 65.6 Å². The predicted molar refractivity (Wildman–Crippen MR) is 81.2 cm³/mol. The zero-order valence-corrected chi connectivity index (χ0v) is 12.5. The number of hydrogen-bond acceptors (Lipinski definition) is 3. The molecular weight excluding hydrogens is 294 g/mol. The summed E-state index contributed by atoms with van der Waals surface area (Å²) in [5.41, 5.74) is 1.06. The van der Waals surface area contributed by atoms with Crippen LogP contribution in [0.5, 0.6) is 0 Å². The molecule has 0 N–H and O–H groups in total. The van der Waals surface area contributed by atoms with Crippen LogP contribution in [0.2, 0.25) is 0 Å². The van der Waals surface area contributed by atoms with Crippen molar-refractivity contribution in [1.82, 2.24) is 4.42 Å². The predicted octanol–water partition coefficient (Wildman–Crippen LogP) is 3.12. The first-order valence-electron chi connectivity index (χ1n) is 6.30. The Morgan fingerprint density at radius 2 is 1.45 bits per heavy atom. The van der Waals surface area contributed by atoms with Crippen molar-refractivity contribution < 1.29 is 8.42 Å². The highest BCUT2D eigenvalue weighted by molar-refractivity contribution is 7.91. The number of hydrogen-bond donors (Lipinski definition) is 0. The summed E-state index contributed by atoms with van der Waals surface area (Å²) in [6.45, 7) is 0.806. The van der Waals surface area contributed by atoms with Gasteiger partial charge in [0.1, 0.15) is 0 Å². The Morgan fingerprint density at radius 3 is 2.05 bits per heavy atom. The molecule has 0 aliphatic rings. The summed E-state index contributed by atoms with van der Waals surface area (Å²) >= 11 is 6.08. The van der Waals surface area contributed by atoms with Gasteiger partial charge in [-0.15, -0.1) is 0 Å². The van der Waals surface area contributed by atoms with Crippen molar-refractivity contribution in [3.05, 3.63) is 66.2 Å². The Morgan fingerprint density at radius 1 is 0.900 bits per heavy atom. The summed E-state index contributed by atoms with van der Waals surface area (Å²) in [6, 6.07) is 18.1. The van der Waals surface area contributed by atoms with E-state index < -0.39 is 9.84 Å². The fraction of sp³-hybridized carbons (Fsp3) is 0.200. The fourth-order valence-corrected chi connectivity index (χ4v) is 3.42. The van der Waals surface area contributed by atoms with E-state index in [1.165, 1.54) is 4.42 Å². The van der Waals surface area contributed by atoms with E-state index in [-0.39, 0.29) is 12.3 Å². The Labute approximate surface area is 124 Å². The molecule has 0 atom stereocenters. The molecule has 0 aliphatic carbocycles. The van der Waals surface area contributed by atoms with Crippen LogP contribution in [0.4, 0.5) is 0 Å². The minimum Gasteiger partial charge on any atom is -0.224 e. The number of benzene rings is 2. The fourth-order valence-electron chi connectivity index (χ4n) is 1.83. The molecule has 0 heterocycles. The van der Waals surface area contributed by atoms with Crippen molar-refractivity contribution in [3.63, 3.8) is 0 Å². The van der Waals surface area contributed by atoms with Gasteiger partial charge in [-0.2, -0.15) is 0 Å². The highest BCUT2D eigenvalue weighted by Crippen LogP contribution is 2.12. The van der Waals surface area contributed by atoms with E-state index in [2.05, 4.69) is 0 Å². The molecule has 0 spiro atoms. The average molecular weight is 310 g/mol. The summed E-state index contributed by atoms with van der Waals surface area (Å²) in [5, 5.41) is 0. The van der Waals surface area contributed by atoms with Crippen LogP contribution >= 0.6 is 11.8 Å². The third kappa shape index (κ3) is 4.34. The Balaban J connectivity index is 1.92. The molecule has 0 unspecified atom stereocenters. The van der Waals surface area contributed by atoms with Crippen molar-refractivity contribution in [2.75, 3.05) is 12.3 Å². The molecule has 2 aromatic carbocycles. The molecular formula is C15H16ClNO2S. The maximum atomic E-state index is 12.1. The summed E-state index contributed by atoms with van der Waals surface area (Å²) in [4.78, 5) is 0.338. The summed E-state index contributed by atoms with van der Waals surface area (Å²) < 4.78 is 25.7. The smallest absolute Gasteiger partial charge is 0.179 e. The van der Waals surface area contributed by atoms with E-state index in [4.69, 9.17) is 11.8 Å². The molecule has 106 valence electrons. The van der Waals surface area contributed by atoms with Crippen LogP contribution in [-0.4, -0.2) is 25.1 Å². The van der Waals surface area contributed by atoms with Gasteiger partial charge in [-0.25, -0.2) is 12.8 Å². The summed E-state index contributed by atoms with van der Waals surface area (Å²) in [5.74, 6) is 0.00729. The van der Waals surface area contributed by atoms with Gasteiger partial charge >= 0.3 is 0 Å². The minimum absolute atomic E-state index is 0.00729. The largest absolute Gasteiger partial charge is 0.224 e. The lowest BCUT2D eigenvalue weighted by atomic mass is 10.2. The molecule has 2 rings (SSSR count). The second-order valence-electron chi connectivity index (χ2n) is 4.46. The number of halogens is 1. The second kappa shape index (κ2) is 6.88. The SMILES string of the molecule is O=S(=O)(CCN(Cl)Cc1ccccc1)c1ccccc1. The highest BCUT2D eigenvalue weighted by atomic mass is 35.5. The van der Waals surface area contributed by atoms with E-state index >= 15 is 0 Å². The number of rotatable bonds is 6. The second-order valence-corrected chi connectivity index (χ2v) is 7.05. The third-order valence-electron chi connectivity index (χ3n) is 2.90. The van der Waals surface area contributed by atoms with E-state index in [1.807, 2.05) is 30.3 Å². The molecule has 0 bridgehead atoms. The van der Waals surface area contributed by atoms with Gasteiger partial charge in [0.2, 0.25) is 0 Å². The number of sulfone groups is 1. The molecule has 0 fully saturated rings. The standard InChI is InChI=1S/C15H16ClNO2S/c16-17(13-14-7-3-1-4-8-14)11-12-20(18,19)15-9-5-2-6-10-15/h1-10H,11-13H2. The quantitative estimate of drug-likeness (QED) is 0.769. The molecule has 0 radical (unpaired) electrons. The monoisotopic (exact) mass is 309 g/mol. The average Bonchev–Trinajstić information content (AvgIpc) is 2.47. The molecule has 0 saturated carbocycles. The van der Waals surface area contributed by atoms with Gasteiger partial charge in [0.15, 0.2) is 9.84 Å². The van der Waals surface area contributed by atoms with Crippen LogP contribution in [0.25, 0.3) is 0 Å². The van der Waals surface area contributed by atoms with Gasteiger partial charge in [0.25, 0.3) is 0 Å². The molecule has 0 aromatic heterocycles. The van der Waals surface area contributed by atoms with Crippen molar-refractivity contribution in [3.8, 4) is 0 Å². The maximum absolute atomic E-state index is 12.1. The normalized spacial score (nSPS) is 11.7. The molecule has 0 aliphatic heterocycles. The van der Waals surface area contributed by atoms with Crippen LogP contribution in [0.1, 0.15) is 5.56 Å². The van der Waals surface area contributed by atoms with Gasteiger partial charge in [0, 0.05) is 13.1 Å². The highest BCUT2D eigenvalue weighted by Gasteiger charge is 2.15. The van der Waals surface area contributed by atoms with E-state index in [0.717, 1.165) is 5.56 Å². The summed E-state index contributed by atoms with van der Waals surface area (Å²) in [6.07, 6.45) is 0. The minimum atomic E-state index is -3.27. The van der Waals surface area contributed by atoms with Crippen LogP contribution in [0, 0.1) is 0 Å². The molecule has 2 aromatic rings. The van der Waals surface area contributed by atoms with Crippen LogP contribution < -0.4 is 0 Å². The van der Waals surface area contributed by atoms with Crippen molar-refractivity contribution in [2.45, 2.75) is 11.4 Å². The van der Waals surface area contributed by atoms with Gasteiger partial charge < -0.3 is 0 Å². The van der Waals surface area contributed by atoms with Gasteiger partial charge in [-0.3, -0.25) is 0 Å². The summed E-state index contributed by atoms with van der Waals surface area (Å²) in [7, 11) is -3.27. The van der Waals surface area contributed by atoms with Crippen LogP contribution in [0.3, 0.4) is 0 Å². The van der Waals surface area contributed by atoms with Crippen molar-refractivity contribution in [2.24, 2.45) is 0 Å². The van der Waals surface area contributed by atoms with Crippen LogP contribution in [-0.2, 0) is 16.4 Å². The Hall–Kier alpha value is -1.36. The van der Waals surface area contributed by atoms with Crippen molar-refractivity contribution >= 4 is 21.6 Å². The Bertz CT molecular complexity index is 629. The van der Waals surface area contributed by atoms with Crippen molar-refractivity contribution in [1.29, 1.82) is 0 Å². The Kier molecular flexibility index (Phi) is 5.17. The maximum Gasteiger partial charge on any atom is 0.179 e. The molecule has 0 saturated heterocycles. The van der Waals surface area contributed by atoms with E-state index in [1.54, 1.807) is 30.3 Å². The number of nitrogens with zero attached hydrogens (tertiary/aromatic N) is 1. The first-order chi connectivity index (χ1) is 9.58. The lowest BCUT2D eigenvalue weighted by molar-refractivity contribution is 0.472. The van der Waals surface area contributed by atoms with E-state index in [0.29, 0.717) is 11.4 Å².